The molecule has 0 amide bonds. The zero-order chi connectivity index (χ0) is 27.9. The number of ketones is 2. The zero-order valence-corrected chi connectivity index (χ0v) is 23.3. The van der Waals surface area contributed by atoms with Gasteiger partial charge in [-0.2, -0.15) is 0 Å². The third-order valence-electron chi connectivity index (χ3n) is 6.84. The summed E-state index contributed by atoms with van der Waals surface area (Å²) in [6.07, 6.45) is 0. The lowest BCUT2D eigenvalue weighted by molar-refractivity contribution is 0.100. The number of hydrogen-bond acceptors (Lipinski definition) is 3. The molecule has 0 fully saturated rings. The molecule has 0 aliphatic carbocycles. The minimum atomic E-state index is -4.94. The van der Waals surface area contributed by atoms with E-state index in [9.17, 15) is 23.9 Å². The van der Waals surface area contributed by atoms with E-state index in [0.717, 1.165) is 22.3 Å². The Morgan fingerprint density at radius 1 is 0.579 bits per heavy atom. The fourth-order valence-electron chi connectivity index (χ4n) is 5.48. The summed E-state index contributed by atoms with van der Waals surface area (Å²) in [5, 5.41) is -0.452. The summed E-state index contributed by atoms with van der Waals surface area (Å²) < 4.78 is 12.8. The van der Waals surface area contributed by atoms with Gasteiger partial charge in [0.05, 0.1) is 5.30 Å². The first-order valence-electron chi connectivity index (χ1n) is 12.3. The van der Waals surface area contributed by atoms with Crippen LogP contribution in [0.1, 0.15) is 65.2 Å². The maximum Gasteiger partial charge on any atom is 0.356 e. The summed E-state index contributed by atoms with van der Waals surface area (Å²) in [5.41, 5.74) is 6.38. The first kappa shape index (κ1) is 27.4. The van der Waals surface area contributed by atoms with Crippen molar-refractivity contribution in [2.45, 2.75) is 41.5 Å². The highest BCUT2D eigenvalue weighted by atomic mass is 31.2. The summed E-state index contributed by atoms with van der Waals surface area (Å²) in [6.45, 7) is 11.1. The quantitative estimate of drug-likeness (QED) is 0.222. The predicted molar refractivity (Wildman–Crippen MR) is 152 cm³/mol. The van der Waals surface area contributed by atoms with Crippen LogP contribution in [0.5, 0.6) is 0 Å². The van der Waals surface area contributed by atoms with Crippen molar-refractivity contribution >= 4 is 24.5 Å². The van der Waals surface area contributed by atoms with Crippen LogP contribution in [-0.2, 0) is 4.57 Å². The van der Waals surface area contributed by atoms with Gasteiger partial charge in [0.2, 0.25) is 0 Å². The molecule has 0 unspecified atom stereocenters. The van der Waals surface area contributed by atoms with Crippen LogP contribution in [0.2, 0.25) is 0 Å². The second kappa shape index (κ2) is 10.3. The number of benzene rings is 4. The lowest BCUT2D eigenvalue weighted by Crippen LogP contribution is -2.25. The highest BCUT2D eigenvalue weighted by molar-refractivity contribution is 7.60. The van der Waals surface area contributed by atoms with Gasteiger partial charge in [-0.15, -0.1) is 0 Å². The Bertz CT molecular complexity index is 1600. The molecule has 0 radical (unpaired) electrons. The van der Waals surface area contributed by atoms with Gasteiger partial charge in [0.25, 0.3) is 0 Å². The third kappa shape index (κ3) is 5.06. The molecule has 0 aromatic heterocycles. The monoisotopic (exact) mass is 526 g/mol. The average molecular weight is 527 g/mol. The van der Waals surface area contributed by atoms with Gasteiger partial charge >= 0.3 is 7.60 Å². The molecule has 2 N–H and O–H groups in total. The van der Waals surface area contributed by atoms with Gasteiger partial charge in [-0.25, -0.2) is 0 Å². The van der Waals surface area contributed by atoms with Crippen molar-refractivity contribution < 1.29 is 23.9 Å². The highest BCUT2D eigenvalue weighted by Gasteiger charge is 2.34. The lowest BCUT2D eigenvalue weighted by Gasteiger charge is -2.21. The Balaban J connectivity index is 2.18. The molecule has 0 aliphatic rings. The molecule has 4 aromatic rings. The maximum atomic E-state index is 14.4. The van der Waals surface area contributed by atoms with Gasteiger partial charge in [-0.3, -0.25) is 14.2 Å². The number of rotatable bonds is 6. The van der Waals surface area contributed by atoms with Crippen molar-refractivity contribution in [2.75, 3.05) is 0 Å². The van der Waals surface area contributed by atoms with Crippen LogP contribution in [0.15, 0.2) is 66.7 Å². The molecular weight excluding hydrogens is 495 g/mol. The minimum absolute atomic E-state index is 0.00328. The highest BCUT2D eigenvalue weighted by Crippen LogP contribution is 2.40. The predicted octanol–water partition coefficient (Wildman–Crippen LogP) is 6.47. The van der Waals surface area contributed by atoms with E-state index in [-0.39, 0.29) is 11.1 Å². The van der Waals surface area contributed by atoms with Gasteiger partial charge in [-0.05, 0) is 81.0 Å². The third-order valence-corrected chi connectivity index (χ3v) is 7.84. The molecule has 4 rings (SSSR count). The molecule has 0 heterocycles. The molecule has 38 heavy (non-hydrogen) atoms. The molecule has 0 saturated carbocycles. The van der Waals surface area contributed by atoms with Crippen molar-refractivity contribution in [1.82, 2.24) is 0 Å². The Labute approximate surface area is 223 Å². The van der Waals surface area contributed by atoms with Crippen molar-refractivity contribution in [3.8, 4) is 11.1 Å². The number of aryl methyl sites for hydroxylation is 6. The molecule has 0 atom stereocenters. The zero-order valence-electron chi connectivity index (χ0n) is 22.4. The number of carbonyl (C=O) groups is 2. The van der Waals surface area contributed by atoms with E-state index in [1.807, 2.05) is 82.3 Å². The van der Waals surface area contributed by atoms with Gasteiger partial charge in [0, 0.05) is 22.3 Å². The summed E-state index contributed by atoms with van der Waals surface area (Å²) in [5.74, 6) is -1.03. The molecule has 0 aliphatic heterocycles. The van der Waals surface area contributed by atoms with Crippen LogP contribution in [0, 0.1) is 41.5 Å². The molecule has 0 saturated heterocycles. The Hall–Kier alpha value is -3.63. The summed E-state index contributed by atoms with van der Waals surface area (Å²) in [6, 6.07) is 19.4. The molecular formula is C32H31O5P. The van der Waals surface area contributed by atoms with Crippen molar-refractivity contribution in [2.24, 2.45) is 0 Å². The maximum absolute atomic E-state index is 14.4. The summed E-state index contributed by atoms with van der Waals surface area (Å²) in [4.78, 5) is 49.5. The standard InChI is InChI=1S/C32H31O5P/c1-18-14-20(3)27(21(4)15-18)31(33)29-25(24-10-8-7-9-11-24)12-13-26(38(35,36)37)30(29)32(34)28-22(5)16-19(2)17-23(28)6/h7-17H,1-6H3,(H2,35,36,37). The smallest absolute Gasteiger partial charge is 0.321 e. The lowest BCUT2D eigenvalue weighted by atomic mass is 9.83. The Kier molecular flexibility index (Phi) is 7.40. The second-order valence-corrected chi connectivity index (χ2v) is 11.6. The minimum Gasteiger partial charge on any atom is -0.321 e. The van der Waals surface area contributed by atoms with E-state index < -0.39 is 24.5 Å². The largest absolute Gasteiger partial charge is 0.356 e. The number of carbonyl (C=O) groups excluding carboxylic acids is 2. The van der Waals surface area contributed by atoms with E-state index in [1.165, 1.54) is 12.1 Å². The molecule has 0 spiro atoms. The van der Waals surface area contributed by atoms with Gasteiger partial charge in [-0.1, -0.05) is 71.8 Å². The molecule has 194 valence electrons. The van der Waals surface area contributed by atoms with E-state index in [1.54, 1.807) is 13.8 Å². The van der Waals surface area contributed by atoms with Crippen molar-refractivity contribution in [3.05, 3.63) is 122 Å². The SMILES string of the molecule is Cc1cc(C)c(C(=O)c2c(-c3ccccc3)ccc(P(=O)(O)O)c2C(=O)c2c(C)cc(C)cc2C)c(C)c1. The first-order valence-corrected chi connectivity index (χ1v) is 14.0. The second-order valence-electron chi connectivity index (χ2n) is 10.00. The molecule has 5 nitrogen and oxygen atoms in total. The molecule has 6 heteroatoms. The number of hydrogen-bond donors (Lipinski definition) is 2. The van der Waals surface area contributed by atoms with Crippen LogP contribution in [0.3, 0.4) is 0 Å². The Morgan fingerprint density at radius 2 is 1.00 bits per heavy atom. The fourth-order valence-corrected chi connectivity index (χ4v) is 6.26. The van der Waals surface area contributed by atoms with Crippen LogP contribution < -0.4 is 5.30 Å². The van der Waals surface area contributed by atoms with Crippen LogP contribution in [-0.4, -0.2) is 21.4 Å². The normalized spacial score (nSPS) is 11.5. The van der Waals surface area contributed by atoms with E-state index in [4.69, 9.17) is 0 Å². The van der Waals surface area contributed by atoms with Crippen LogP contribution >= 0.6 is 7.60 Å². The first-order chi connectivity index (χ1) is 17.8. The fraction of sp³-hybridized carbons (Fsp3) is 0.188. The van der Waals surface area contributed by atoms with E-state index in [0.29, 0.717) is 33.4 Å². The van der Waals surface area contributed by atoms with Crippen molar-refractivity contribution in [1.29, 1.82) is 0 Å². The van der Waals surface area contributed by atoms with E-state index in [2.05, 4.69) is 0 Å². The average Bonchev–Trinajstić information content (AvgIpc) is 2.81. The Morgan fingerprint density at radius 3 is 1.42 bits per heavy atom. The van der Waals surface area contributed by atoms with Gasteiger partial charge < -0.3 is 9.79 Å². The van der Waals surface area contributed by atoms with Crippen LogP contribution in [0.4, 0.5) is 0 Å². The van der Waals surface area contributed by atoms with Crippen LogP contribution in [0.25, 0.3) is 11.1 Å². The molecule has 4 aromatic carbocycles. The summed E-state index contributed by atoms with van der Waals surface area (Å²) in [7, 11) is -4.94. The van der Waals surface area contributed by atoms with Gasteiger partial charge in [0.15, 0.2) is 11.6 Å². The topological polar surface area (TPSA) is 91.7 Å². The summed E-state index contributed by atoms with van der Waals surface area (Å²) >= 11 is 0. The van der Waals surface area contributed by atoms with Crippen molar-refractivity contribution in [3.63, 3.8) is 0 Å². The molecule has 0 bridgehead atoms. The van der Waals surface area contributed by atoms with E-state index >= 15 is 0 Å². The van der Waals surface area contributed by atoms with Gasteiger partial charge in [0.1, 0.15) is 0 Å².